The van der Waals surface area contributed by atoms with Gasteiger partial charge in [0.05, 0.1) is 11.9 Å². The highest BCUT2D eigenvalue weighted by Gasteiger charge is 2.02. The molecule has 21 heavy (non-hydrogen) atoms. The molecule has 0 radical (unpaired) electrons. The minimum atomic E-state index is -0.116. The predicted molar refractivity (Wildman–Crippen MR) is 87.2 cm³/mol. The van der Waals surface area contributed by atoms with Crippen molar-refractivity contribution in [2.75, 3.05) is 17.2 Å². The SMILES string of the molecule is CC(=O)Nc1ccc(NCCc2ccc(Cl)cc2Cl)nc1. The number of nitrogens with zero attached hydrogens (tertiary/aromatic N) is 1. The number of nitrogens with one attached hydrogen (secondary N) is 2. The van der Waals surface area contributed by atoms with E-state index in [1.165, 1.54) is 6.92 Å². The molecule has 1 aromatic carbocycles. The monoisotopic (exact) mass is 323 g/mol. The van der Waals surface area contributed by atoms with Gasteiger partial charge in [-0.15, -0.1) is 0 Å². The molecule has 6 heteroatoms. The van der Waals surface area contributed by atoms with Gasteiger partial charge in [0.25, 0.3) is 0 Å². The summed E-state index contributed by atoms with van der Waals surface area (Å²) in [6.07, 6.45) is 2.38. The normalized spacial score (nSPS) is 10.2. The van der Waals surface area contributed by atoms with Gasteiger partial charge in [0.1, 0.15) is 5.82 Å². The van der Waals surface area contributed by atoms with Crippen LogP contribution in [0.4, 0.5) is 11.5 Å². The maximum absolute atomic E-state index is 10.9. The summed E-state index contributed by atoms with van der Waals surface area (Å²) in [6.45, 7) is 2.16. The van der Waals surface area contributed by atoms with Crippen molar-refractivity contribution in [3.63, 3.8) is 0 Å². The quantitative estimate of drug-likeness (QED) is 0.874. The number of pyridine rings is 1. The Balaban J connectivity index is 1.87. The van der Waals surface area contributed by atoms with Gasteiger partial charge in [-0.2, -0.15) is 0 Å². The largest absolute Gasteiger partial charge is 0.370 e. The summed E-state index contributed by atoms with van der Waals surface area (Å²) < 4.78 is 0. The van der Waals surface area contributed by atoms with Gasteiger partial charge in [0.15, 0.2) is 0 Å². The fourth-order valence-corrected chi connectivity index (χ4v) is 2.33. The summed E-state index contributed by atoms with van der Waals surface area (Å²) in [5.41, 5.74) is 1.71. The third-order valence-electron chi connectivity index (χ3n) is 2.80. The molecule has 0 fully saturated rings. The first kappa shape index (κ1) is 15.6. The molecular weight excluding hydrogens is 309 g/mol. The van der Waals surface area contributed by atoms with Gasteiger partial charge in [0.2, 0.25) is 5.91 Å². The lowest BCUT2D eigenvalue weighted by molar-refractivity contribution is -0.114. The van der Waals surface area contributed by atoms with Gasteiger partial charge in [-0.3, -0.25) is 4.79 Å². The third-order valence-corrected chi connectivity index (χ3v) is 3.39. The minimum absolute atomic E-state index is 0.116. The van der Waals surface area contributed by atoms with Crippen molar-refractivity contribution in [2.24, 2.45) is 0 Å². The Bertz CT molecular complexity index is 629. The van der Waals surface area contributed by atoms with E-state index in [4.69, 9.17) is 23.2 Å². The molecule has 2 aromatic rings. The number of carbonyl (C=O) groups excluding carboxylic acids is 1. The van der Waals surface area contributed by atoms with Gasteiger partial charge in [-0.1, -0.05) is 29.3 Å². The van der Waals surface area contributed by atoms with Crippen LogP contribution in [-0.4, -0.2) is 17.4 Å². The summed E-state index contributed by atoms with van der Waals surface area (Å²) in [7, 11) is 0. The van der Waals surface area contributed by atoms with Crippen molar-refractivity contribution in [3.05, 3.63) is 52.1 Å². The number of halogens is 2. The molecule has 0 atom stereocenters. The number of benzene rings is 1. The van der Waals surface area contributed by atoms with E-state index >= 15 is 0 Å². The highest BCUT2D eigenvalue weighted by atomic mass is 35.5. The Hall–Kier alpha value is -1.78. The number of hydrogen-bond donors (Lipinski definition) is 2. The van der Waals surface area contributed by atoms with Crippen LogP contribution in [0.5, 0.6) is 0 Å². The molecule has 0 saturated carbocycles. The highest BCUT2D eigenvalue weighted by Crippen LogP contribution is 2.21. The zero-order chi connectivity index (χ0) is 15.2. The summed E-state index contributed by atoms with van der Waals surface area (Å²) >= 11 is 12.0. The van der Waals surface area contributed by atoms with Gasteiger partial charge in [0, 0.05) is 23.5 Å². The van der Waals surface area contributed by atoms with Crippen molar-refractivity contribution in [1.29, 1.82) is 0 Å². The molecule has 0 aliphatic rings. The lowest BCUT2D eigenvalue weighted by Crippen LogP contribution is -2.08. The average molecular weight is 324 g/mol. The Morgan fingerprint density at radius 2 is 2.05 bits per heavy atom. The summed E-state index contributed by atoms with van der Waals surface area (Å²) in [5.74, 6) is 0.629. The van der Waals surface area contributed by atoms with Crippen molar-refractivity contribution in [1.82, 2.24) is 4.98 Å². The zero-order valence-corrected chi connectivity index (χ0v) is 13.0. The van der Waals surface area contributed by atoms with Crippen molar-refractivity contribution in [3.8, 4) is 0 Å². The van der Waals surface area contributed by atoms with E-state index in [9.17, 15) is 4.79 Å². The van der Waals surface area contributed by atoms with Gasteiger partial charge >= 0.3 is 0 Å². The number of anilines is 2. The zero-order valence-electron chi connectivity index (χ0n) is 11.5. The second-order valence-corrected chi connectivity index (χ2v) is 5.37. The molecule has 0 spiro atoms. The van der Waals surface area contributed by atoms with E-state index in [1.54, 1.807) is 18.3 Å². The molecule has 1 aromatic heterocycles. The predicted octanol–water partition coefficient (Wildman–Crippen LogP) is 4.00. The summed E-state index contributed by atoms with van der Waals surface area (Å²) in [5, 5.41) is 7.16. The van der Waals surface area contributed by atoms with Crippen LogP contribution < -0.4 is 10.6 Å². The number of amides is 1. The van der Waals surface area contributed by atoms with Crippen LogP contribution in [0.3, 0.4) is 0 Å². The molecule has 1 heterocycles. The number of aromatic nitrogens is 1. The highest BCUT2D eigenvalue weighted by molar-refractivity contribution is 6.35. The first-order valence-electron chi connectivity index (χ1n) is 6.46. The van der Waals surface area contributed by atoms with E-state index in [0.29, 0.717) is 22.3 Å². The molecule has 0 saturated heterocycles. The second kappa shape index (κ2) is 7.29. The fraction of sp³-hybridized carbons (Fsp3) is 0.200. The first-order valence-corrected chi connectivity index (χ1v) is 7.21. The Morgan fingerprint density at radius 3 is 2.67 bits per heavy atom. The van der Waals surface area contributed by atoms with Gasteiger partial charge < -0.3 is 10.6 Å². The lowest BCUT2D eigenvalue weighted by atomic mass is 10.1. The Morgan fingerprint density at radius 1 is 1.24 bits per heavy atom. The molecule has 0 aliphatic carbocycles. The lowest BCUT2D eigenvalue weighted by Gasteiger charge is -2.08. The second-order valence-electron chi connectivity index (χ2n) is 4.53. The van der Waals surface area contributed by atoms with Crippen LogP contribution in [-0.2, 0) is 11.2 Å². The van der Waals surface area contributed by atoms with E-state index in [0.717, 1.165) is 17.8 Å². The van der Waals surface area contributed by atoms with E-state index in [-0.39, 0.29) is 5.91 Å². The van der Waals surface area contributed by atoms with Crippen LogP contribution in [0.2, 0.25) is 10.0 Å². The minimum Gasteiger partial charge on any atom is -0.370 e. The van der Waals surface area contributed by atoms with Crippen LogP contribution >= 0.6 is 23.2 Å². The first-order chi connectivity index (χ1) is 10.0. The smallest absolute Gasteiger partial charge is 0.221 e. The fourth-order valence-electron chi connectivity index (χ4n) is 1.83. The molecule has 4 nitrogen and oxygen atoms in total. The molecule has 2 N–H and O–H groups in total. The maximum Gasteiger partial charge on any atom is 0.221 e. The Labute approximate surface area is 133 Å². The van der Waals surface area contributed by atoms with E-state index in [2.05, 4.69) is 15.6 Å². The van der Waals surface area contributed by atoms with E-state index in [1.807, 2.05) is 18.2 Å². The van der Waals surface area contributed by atoms with Crippen molar-refractivity contribution >= 4 is 40.6 Å². The average Bonchev–Trinajstić information content (AvgIpc) is 2.42. The standard InChI is InChI=1S/C15H15Cl2N3O/c1-10(21)20-13-4-5-15(19-9-13)18-7-6-11-2-3-12(16)8-14(11)17/h2-5,8-9H,6-7H2,1H3,(H,18,19)(H,20,21). The third kappa shape index (κ3) is 4.92. The van der Waals surface area contributed by atoms with Crippen molar-refractivity contribution in [2.45, 2.75) is 13.3 Å². The molecule has 0 unspecified atom stereocenters. The van der Waals surface area contributed by atoms with Crippen LogP contribution in [0.25, 0.3) is 0 Å². The van der Waals surface area contributed by atoms with E-state index < -0.39 is 0 Å². The number of carbonyl (C=O) groups is 1. The number of hydrogen-bond acceptors (Lipinski definition) is 3. The molecule has 2 rings (SSSR count). The molecule has 1 amide bonds. The van der Waals surface area contributed by atoms with Gasteiger partial charge in [-0.25, -0.2) is 4.98 Å². The summed E-state index contributed by atoms with van der Waals surface area (Å²) in [4.78, 5) is 15.1. The molecule has 0 aliphatic heterocycles. The molecule has 110 valence electrons. The van der Waals surface area contributed by atoms with Crippen LogP contribution in [0.1, 0.15) is 12.5 Å². The number of rotatable bonds is 5. The molecule has 0 bridgehead atoms. The molecular formula is C15H15Cl2N3O. The van der Waals surface area contributed by atoms with Crippen molar-refractivity contribution < 1.29 is 4.79 Å². The maximum atomic E-state index is 10.9. The van der Waals surface area contributed by atoms with Crippen LogP contribution in [0, 0.1) is 0 Å². The summed E-state index contributed by atoms with van der Waals surface area (Å²) in [6, 6.07) is 9.09. The van der Waals surface area contributed by atoms with Crippen LogP contribution in [0.15, 0.2) is 36.5 Å². The van der Waals surface area contributed by atoms with Gasteiger partial charge in [-0.05, 0) is 36.2 Å². The topological polar surface area (TPSA) is 54.0 Å². The Kier molecular flexibility index (Phi) is 5.42.